The zero-order valence-electron chi connectivity index (χ0n) is 12.1. The molecular weight excluding hydrogens is 333 g/mol. The van der Waals surface area contributed by atoms with E-state index in [0.29, 0.717) is 24.4 Å². The van der Waals surface area contributed by atoms with Gasteiger partial charge < -0.3 is 9.84 Å². The number of methoxy groups -OCH3 is 1. The van der Waals surface area contributed by atoms with Gasteiger partial charge >= 0.3 is 12.1 Å². The number of aliphatic carboxylic acids is 1. The van der Waals surface area contributed by atoms with Gasteiger partial charge in [0.05, 0.1) is 23.4 Å². The van der Waals surface area contributed by atoms with Crippen LogP contribution in [0.4, 0.5) is 13.2 Å². The van der Waals surface area contributed by atoms with Gasteiger partial charge in [0.1, 0.15) is 10.9 Å². The summed E-state index contributed by atoms with van der Waals surface area (Å²) in [7, 11) is 1.51. The minimum atomic E-state index is -4.49. The van der Waals surface area contributed by atoms with Crippen molar-refractivity contribution >= 4 is 28.6 Å². The number of alkyl halides is 3. The van der Waals surface area contributed by atoms with Crippen LogP contribution in [-0.4, -0.2) is 40.5 Å². The number of carbonyl (C=O) groups is 1. The van der Waals surface area contributed by atoms with E-state index in [4.69, 9.17) is 9.84 Å². The number of benzene rings is 1. The lowest BCUT2D eigenvalue weighted by Gasteiger charge is -2.11. The van der Waals surface area contributed by atoms with E-state index in [1.165, 1.54) is 13.2 Å². The van der Waals surface area contributed by atoms with Crippen LogP contribution in [0.1, 0.15) is 11.4 Å². The standard InChI is InChI=1S/C14H13F3N2O3S/c1-22-5-4-11-18-10-3-2-8(14(15,16)17)6-9(10)13(19-11)23-7-12(20)21/h2-3,6H,4-5,7H2,1H3,(H,20,21). The van der Waals surface area contributed by atoms with Gasteiger partial charge in [0.15, 0.2) is 0 Å². The number of aromatic nitrogens is 2. The van der Waals surface area contributed by atoms with Gasteiger partial charge in [0.2, 0.25) is 0 Å². The average Bonchev–Trinajstić information content (AvgIpc) is 2.49. The Morgan fingerprint density at radius 2 is 2.09 bits per heavy atom. The SMILES string of the molecule is COCCc1nc(SCC(=O)O)c2cc(C(F)(F)F)ccc2n1. The third kappa shape index (κ3) is 4.55. The Balaban J connectivity index is 2.51. The van der Waals surface area contributed by atoms with Crippen LogP contribution in [0.3, 0.4) is 0 Å². The molecule has 0 aliphatic rings. The highest BCUT2D eigenvalue weighted by Gasteiger charge is 2.31. The van der Waals surface area contributed by atoms with E-state index in [1.54, 1.807) is 0 Å². The van der Waals surface area contributed by atoms with Crippen molar-refractivity contribution in [2.75, 3.05) is 19.5 Å². The Kier molecular flexibility index (Phi) is 5.42. The topological polar surface area (TPSA) is 72.3 Å². The van der Waals surface area contributed by atoms with Crippen molar-refractivity contribution in [3.8, 4) is 0 Å². The Morgan fingerprint density at radius 3 is 2.70 bits per heavy atom. The number of carboxylic acids is 1. The van der Waals surface area contributed by atoms with Crippen LogP contribution in [0, 0.1) is 0 Å². The summed E-state index contributed by atoms with van der Waals surface area (Å²) in [6, 6.07) is 3.15. The molecule has 1 aromatic heterocycles. The van der Waals surface area contributed by atoms with Crippen LogP contribution in [0.5, 0.6) is 0 Å². The van der Waals surface area contributed by atoms with Crippen LogP contribution in [0.25, 0.3) is 10.9 Å². The van der Waals surface area contributed by atoms with E-state index < -0.39 is 17.7 Å². The predicted molar refractivity (Wildman–Crippen MR) is 78.5 cm³/mol. The minimum absolute atomic E-state index is 0.187. The van der Waals surface area contributed by atoms with Crippen molar-refractivity contribution in [1.29, 1.82) is 0 Å². The molecule has 2 aromatic rings. The second kappa shape index (κ2) is 7.14. The molecule has 1 heterocycles. The van der Waals surface area contributed by atoms with Crippen LogP contribution in [0.15, 0.2) is 23.2 Å². The summed E-state index contributed by atoms with van der Waals surface area (Å²) in [5, 5.41) is 9.18. The molecule has 2 rings (SSSR count). The van der Waals surface area contributed by atoms with Crippen molar-refractivity contribution in [2.45, 2.75) is 17.6 Å². The summed E-state index contributed by atoms with van der Waals surface area (Å²) in [4.78, 5) is 19.1. The number of hydrogen-bond acceptors (Lipinski definition) is 5. The van der Waals surface area contributed by atoms with Crippen molar-refractivity contribution in [3.05, 3.63) is 29.6 Å². The van der Waals surface area contributed by atoms with Gasteiger partial charge in [-0.25, -0.2) is 9.97 Å². The fourth-order valence-electron chi connectivity index (χ4n) is 1.87. The highest BCUT2D eigenvalue weighted by atomic mass is 32.2. The van der Waals surface area contributed by atoms with Crippen molar-refractivity contribution in [2.24, 2.45) is 0 Å². The van der Waals surface area contributed by atoms with E-state index in [0.717, 1.165) is 23.9 Å². The van der Waals surface area contributed by atoms with Crippen LogP contribution in [0.2, 0.25) is 0 Å². The zero-order valence-corrected chi connectivity index (χ0v) is 12.9. The second-order valence-corrected chi connectivity index (χ2v) is 5.56. The first-order chi connectivity index (χ1) is 10.8. The number of nitrogens with zero attached hydrogens (tertiary/aromatic N) is 2. The number of thioether (sulfide) groups is 1. The van der Waals surface area contributed by atoms with Gasteiger partial charge in [0.25, 0.3) is 0 Å². The Hall–Kier alpha value is -1.87. The molecule has 0 aliphatic heterocycles. The molecule has 0 fully saturated rings. The number of ether oxygens (including phenoxy) is 1. The molecule has 124 valence electrons. The Morgan fingerprint density at radius 1 is 1.35 bits per heavy atom. The zero-order chi connectivity index (χ0) is 17.0. The Labute approximate surface area is 133 Å². The van der Waals surface area contributed by atoms with E-state index in [2.05, 4.69) is 9.97 Å². The molecule has 1 N–H and O–H groups in total. The summed E-state index contributed by atoms with van der Waals surface area (Å²) < 4.78 is 43.5. The Bertz CT molecular complexity index is 722. The molecule has 0 radical (unpaired) electrons. The van der Waals surface area contributed by atoms with Crippen LogP contribution >= 0.6 is 11.8 Å². The maximum Gasteiger partial charge on any atom is 0.416 e. The third-order valence-electron chi connectivity index (χ3n) is 2.90. The largest absolute Gasteiger partial charge is 0.481 e. The van der Waals surface area contributed by atoms with E-state index in [-0.39, 0.29) is 16.2 Å². The predicted octanol–water partition coefficient (Wildman–Crippen LogP) is 3.01. The lowest BCUT2D eigenvalue weighted by Crippen LogP contribution is -2.07. The summed E-state index contributed by atoms with van der Waals surface area (Å²) in [6.45, 7) is 0.356. The van der Waals surface area contributed by atoms with E-state index in [9.17, 15) is 18.0 Å². The van der Waals surface area contributed by atoms with Gasteiger partial charge in [-0.3, -0.25) is 4.79 Å². The highest BCUT2D eigenvalue weighted by Crippen LogP contribution is 2.33. The normalized spacial score (nSPS) is 11.8. The quantitative estimate of drug-likeness (QED) is 0.640. The average molecular weight is 346 g/mol. The first kappa shape index (κ1) is 17.5. The lowest BCUT2D eigenvalue weighted by molar-refractivity contribution is -0.137. The molecule has 0 saturated carbocycles. The molecule has 0 unspecified atom stereocenters. The fourth-order valence-corrected chi connectivity index (χ4v) is 2.62. The van der Waals surface area contributed by atoms with Gasteiger partial charge in [0, 0.05) is 18.9 Å². The third-order valence-corrected chi connectivity index (χ3v) is 3.87. The summed E-state index contributed by atoms with van der Waals surface area (Å²) in [5.74, 6) is -0.981. The molecule has 5 nitrogen and oxygen atoms in total. The first-order valence-electron chi connectivity index (χ1n) is 6.52. The molecule has 0 atom stereocenters. The number of rotatable bonds is 6. The molecular formula is C14H13F3N2O3S. The van der Waals surface area contributed by atoms with Gasteiger partial charge in [-0.05, 0) is 18.2 Å². The van der Waals surface area contributed by atoms with E-state index in [1.807, 2.05) is 0 Å². The smallest absolute Gasteiger partial charge is 0.416 e. The minimum Gasteiger partial charge on any atom is -0.481 e. The molecule has 0 bridgehead atoms. The molecule has 0 saturated heterocycles. The molecule has 23 heavy (non-hydrogen) atoms. The van der Waals surface area contributed by atoms with Gasteiger partial charge in [-0.2, -0.15) is 13.2 Å². The summed E-state index contributed by atoms with van der Waals surface area (Å²) in [5.41, 5.74) is -0.484. The summed E-state index contributed by atoms with van der Waals surface area (Å²) in [6.07, 6.45) is -4.11. The lowest BCUT2D eigenvalue weighted by atomic mass is 10.1. The number of carboxylic acid groups (broad SMARTS) is 1. The number of fused-ring (bicyclic) bond motifs is 1. The fraction of sp³-hybridized carbons (Fsp3) is 0.357. The van der Waals surface area contributed by atoms with Crippen LogP contribution in [-0.2, 0) is 22.1 Å². The first-order valence-corrected chi connectivity index (χ1v) is 7.51. The van der Waals surface area contributed by atoms with Gasteiger partial charge in [-0.15, -0.1) is 0 Å². The van der Waals surface area contributed by atoms with Gasteiger partial charge in [-0.1, -0.05) is 11.8 Å². The maximum absolute atomic E-state index is 12.8. The number of hydrogen-bond donors (Lipinski definition) is 1. The van der Waals surface area contributed by atoms with Crippen molar-refractivity contribution in [3.63, 3.8) is 0 Å². The molecule has 0 aliphatic carbocycles. The monoisotopic (exact) mass is 346 g/mol. The highest BCUT2D eigenvalue weighted by molar-refractivity contribution is 8.00. The number of halogens is 3. The van der Waals surface area contributed by atoms with Crippen molar-refractivity contribution in [1.82, 2.24) is 9.97 Å². The van der Waals surface area contributed by atoms with Crippen LogP contribution < -0.4 is 0 Å². The second-order valence-electron chi connectivity index (χ2n) is 4.60. The maximum atomic E-state index is 12.8. The molecule has 0 amide bonds. The van der Waals surface area contributed by atoms with Crippen molar-refractivity contribution < 1.29 is 27.8 Å². The molecule has 9 heteroatoms. The summed E-state index contributed by atoms with van der Waals surface area (Å²) >= 11 is 0.866. The molecule has 1 aromatic carbocycles. The molecule has 0 spiro atoms. The van der Waals surface area contributed by atoms with E-state index >= 15 is 0 Å².